The van der Waals surface area contributed by atoms with Crippen LogP contribution in [-0.2, 0) is 11.2 Å². The lowest BCUT2D eigenvalue weighted by molar-refractivity contribution is -0.126. The number of benzene rings is 2. The van der Waals surface area contributed by atoms with Crippen LogP contribution in [0.4, 0.5) is 8.78 Å². The maximum Gasteiger partial charge on any atom is 0.387 e. The van der Waals surface area contributed by atoms with Crippen LogP contribution in [-0.4, -0.2) is 43.0 Å². The number of amides is 2. The van der Waals surface area contributed by atoms with Gasteiger partial charge in [0.2, 0.25) is 5.91 Å². The van der Waals surface area contributed by atoms with Crippen LogP contribution in [0.1, 0.15) is 39.9 Å². The van der Waals surface area contributed by atoms with E-state index in [-0.39, 0.29) is 23.5 Å². The summed E-state index contributed by atoms with van der Waals surface area (Å²) in [5, 5.41) is 2.94. The molecule has 1 fully saturated rings. The first-order valence-electron chi connectivity index (χ1n) is 10.5. The van der Waals surface area contributed by atoms with Crippen LogP contribution in [0.5, 0.6) is 5.75 Å². The summed E-state index contributed by atoms with van der Waals surface area (Å²) in [4.78, 5) is 27.3. The van der Waals surface area contributed by atoms with Crippen molar-refractivity contribution in [1.82, 2.24) is 10.2 Å². The maximum atomic E-state index is 12.9. The Kier molecular flexibility index (Phi) is 7.60. The zero-order chi connectivity index (χ0) is 22.4. The zero-order valence-electron chi connectivity index (χ0n) is 17.9. The standard InChI is InChI=1S/C24H28F2N2O3/c1-16-12-17(2)14-20(13-16)23(30)28-11-3-4-19(15-28)22(29)27-10-9-18-5-7-21(8-6-18)31-24(25)26/h5-8,12-14,19,24H,3-4,9-11,15H2,1-2H3,(H,27,29). The van der Waals surface area contributed by atoms with E-state index in [4.69, 9.17) is 0 Å². The van der Waals surface area contributed by atoms with Crippen molar-refractivity contribution in [2.24, 2.45) is 5.92 Å². The molecule has 0 aromatic heterocycles. The highest BCUT2D eigenvalue weighted by Crippen LogP contribution is 2.20. The van der Waals surface area contributed by atoms with Gasteiger partial charge in [-0.25, -0.2) is 0 Å². The third-order valence-electron chi connectivity index (χ3n) is 5.41. The first-order valence-corrected chi connectivity index (χ1v) is 10.5. The molecular formula is C24H28F2N2O3. The van der Waals surface area contributed by atoms with Gasteiger partial charge in [0.05, 0.1) is 5.92 Å². The number of hydrogen-bond donors (Lipinski definition) is 1. The molecule has 0 aliphatic carbocycles. The molecule has 1 atom stereocenters. The predicted octanol–water partition coefficient (Wildman–Crippen LogP) is 4.12. The third-order valence-corrected chi connectivity index (χ3v) is 5.41. The van der Waals surface area contributed by atoms with E-state index in [2.05, 4.69) is 10.1 Å². The average molecular weight is 430 g/mol. The summed E-state index contributed by atoms with van der Waals surface area (Å²) in [6.07, 6.45) is 2.13. The van der Waals surface area contributed by atoms with Gasteiger partial charge < -0.3 is 15.0 Å². The number of carbonyl (C=O) groups is 2. The van der Waals surface area contributed by atoms with Crippen LogP contribution in [0, 0.1) is 19.8 Å². The van der Waals surface area contributed by atoms with Crippen LogP contribution in [0.3, 0.4) is 0 Å². The van der Waals surface area contributed by atoms with E-state index in [0.29, 0.717) is 31.6 Å². The van der Waals surface area contributed by atoms with E-state index in [0.717, 1.165) is 29.5 Å². The molecule has 2 amide bonds. The molecule has 1 heterocycles. The van der Waals surface area contributed by atoms with Crippen LogP contribution in [0.25, 0.3) is 0 Å². The predicted molar refractivity (Wildman–Crippen MR) is 114 cm³/mol. The highest BCUT2D eigenvalue weighted by Gasteiger charge is 2.28. The van der Waals surface area contributed by atoms with Crippen molar-refractivity contribution in [2.75, 3.05) is 19.6 Å². The van der Waals surface area contributed by atoms with Crippen LogP contribution < -0.4 is 10.1 Å². The molecule has 2 aromatic rings. The number of alkyl halides is 2. The van der Waals surface area contributed by atoms with Gasteiger partial charge in [0.1, 0.15) is 5.75 Å². The zero-order valence-corrected chi connectivity index (χ0v) is 17.9. The molecule has 0 bridgehead atoms. The lowest BCUT2D eigenvalue weighted by Crippen LogP contribution is -2.45. The average Bonchev–Trinajstić information content (AvgIpc) is 2.73. The lowest BCUT2D eigenvalue weighted by Gasteiger charge is -2.32. The van der Waals surface area contributed by atoms with Crippen molar-refractivity contribution >= 4 is 11.8 Å². The number of nitrogens with one attached hydrogen (secondary N) is 1. The minimum absolute atomic E-state index is 0.0320. The monoisotopic (exact) mass is 430 g/mol. The molecule has 5 nitrogen and oxygen atoms in total. The Morgan fingerprint density at radius 2 is 1.81 bits per heavy atom. The second-order valence-corrected chi connectivity index (χ2v) is 8.03. The number of nitrogens with zero attached hydrogens (tertiary/aromatic N) is 1. The van der Waals surface area contributed by atoms with E-state index in [1.54, 1.807) is 17.0 Å². The lowest BCUT2D eigenvalue weighted by atomic mass is 9.96. The molecule has 31 heavy (non-hydrogen) atoms. The molecule has 1 N–H and O–H groups in total. The summed E-state index contributed by atoms with van der Waals surface area (Å²) in [6, 6.07) is 12.2. The fourth-order valence-corrected chi connectivity index (χ4v) is 3.97. The number of rotatable bonds is 7. The summed E-state index contributed by atoms with van der Waals surface area (Å²) in [6.45, 7) is 2.60. The Hall–Kier alpha value is -2.96. The number of halogens is 2. The molecule has 2 aromatic carbocycles. The quantitative estimate of drug-likeness (QED) is 0.719. The van der Waals surface area contributed by atoms with Crippen LogP contribution in [0.15, 0.2) is 42.5 Å². The summed E-state index contributed by atoms with van der Waals surface area (Å²) in [5.41, 5.74) is 3.67. The van der Waals surface area contributed by atoms with Crippen LogP contribution in [0.2, 0.25) is 0 Å². The van der Waals surface area contributed by atoms with E-state index >= 15 is 0 Å². The number of hydrogen-bond acceptors (Lipinski definition) is 3. The Morgan fingerprint density at radius 1 is 1.13 bits per heavy atom. The van der Waals surface area contributed by atoms with Gasteiger partial charge in [-0.05, 0) is 62.9 Å². The van der Waals surface area contributed by atoms with E-state index in [1.165, 1.54) is 12.1 Å². The number of carbonyl (C=O) groups excluding carboxylic acids is 2. The Balaban J connectivity index is 1.49. The summed E-state index contributed by atoms with van der Waals surface area (Å²) in [5.74, 6) is -0.213. The second-order valence-electron chi connectivity index (χ2n) is 8.03. The molecule has 1 unspecified atom stereocenters. The van der Waals surface area contributed by atoms with Gasteiger partial charge in [-0.3, -0.25) is 9.59 Å². The first-order chi connectivity index (χ1) is 14.8. The number of piperidine rings is 1. The van der Waals surface area contributed by atoms with E-state index < -0.39 is 6.61 Å². The second kappa shape index (κ2) is 10.4. The topological polar surface area (TPSA) is 58.6 Å². The van der Waals surface area contributed by atoms with Crippen molar-refractivity contribution in [2.45, 2.75) is 39.7 Å². The van der Waals surface area contributed by atoms with Crippen molar-refractivity contribution in [3.63, 3.8) is 0 Å². The smallest absolute Gasteiger partial charge is 0.387 e. The highest BCUT2D eigenvalue weighted by atomic mass is 19.3. The van der Waals surface area contributed by atoms with Gasteiger partial charge in [0.15, 0.2) is 0 Å². The fraction of sp³-hybridized carbons (Fsp3) is 0.417. The Bertz CT molecular complexity index is 895. The fourth-order valence-electron chi connectivity index (χ4n) is 3.97. The third kappa shape index (κ3) is 6.51. The van der Waals surface area contributed by atoms with Gasteiger partial charge >= 0.3 is 6.61 Å². The van der Waals surface area contributed by atoms with E-state index in [9.17, 15) is 18.4 Å². The molecule has 7 heteroatoms. The highest BCUT2D eigenvalue weighted by molar-refractivity contribution is 5.95. The summed E-state index contributed by atoms with van der Waals surface area (Å²) < 4.78 is 28.7. The number of aryl methyl sites for hydroxylation is 2. The molecule has 1 aliphatic heterocycles. The molecule has 0 spiro atoms. The number of likely N-dealkylation sites (tertiary alicyclic amines) is 1. The first kappa shape index (κ1) is 22.7. The molecule has 1 saturated heterocycles. The molecular weight excluding hydrogens is 402 g/mol. The minimum Gasteiger partial charge on any atom is -0.435 e. The van der Waals surface area contributed by atoms with E-state index in [1.807, 2.05) is 32.0 Å². The minimum atomic E-state index is -2.85. The van der Waals surface area contributed by atoms with Crippen molar-refractivity contribution in [3.05, 3.63) is 64.7 Å². The number of ether oxygens (including phenoxy) is 1. The van der Waals surface area contributed by atoms with Gasteiger partial charge in [-0.15, -0.1) is 0 Å². The molecule has 0 radical (unpaired) electrons. The normalized spacial score (nSPS) is 16.3. The van der Waals surface area contributed by atoms with Gasteiger partial charge in [0, 0.05) is 25.2 Å². The molecule has 3 rings (SSSR count). The summed E-state index contributed by atoms with van der Waals surface area (Å²) >= 11 is 0. The Labute approximate surface area is 181 Å². The summed E-state index contributed by atoms with van der Waals surface area (Å²) in [7, 11) is 0. The maximum absolute atomic E-state index is 12.9. The molecule has 166 valence electrons. The molecule has 1 aliphatic rings. The van der Waals surface area contributed by atoms with Gasteiger partial charge in [-0.2, -0.15) is 8.78 Å². The SMILES string of the molecule is Cc1cc(C)cc(C(=O)N2CCCC(C(=O)NCCc3ccc(OC(F)F)cc3)C2)c1. The van der Waals surface area contributed by atoms with Gasteiger partial charge in [0.25, 0.3) is 5.91 Å². The largest absolute Gasteiger partial charge is 0.435 e. The van der Waals surface area contributed by atoms with Crippen molar-refractivity contribution < 1.29 is 23.1 Å². The Morgan fingerprint density at radius 3 is 2.45 bits per heavy atom. The van der Waals surface area contributed by atoms with Gasteiger partial charge in [-0.1, -0.05) is 29.3 Å². The van der Waals surface area contributed by atoms with Crippen LogP contribution >= 0.6 is 0 Å². The van der Waals surface area contributed by atoms with Crippen molar-refractivity contribution in [3.8, 4) is 5.75 Å². The molecule has 0 saturated carbocycles. The van der Waals surface area contributed by atoms with Crippen molar-refractivity contribution in [1.29, 1.82) is 0 Å².